The zero-order valence-corrected chi connectivity index (χ0v) is 17.0. The number of para-hydroxylation sites is 1. The van der Waals surface area contributed by atoms with E-state index in [0.29, 0.717) is 16.7 Å². The molecule has 0 saturated heterocycles. The first-order valence-corrected chi connectivity index (χ1v) is 9.82. The number of nitrogens with zero attached hydrogens (tertiary/aromatic N) is 2. The maximum atomic E-state index is 12.5. The number of nitrogens with one attached hydrogen (secondary N) is 1. The molecule has 0 aliphatic carbocycles. The van der Waals surface area contributed by atoms with E-state index in [0.717, 1.165) is 12.8 Å². The van der Waals surface area contributed by atoms with Crippen molar-refractivity contribution < 1.29 is 14.3 Å². The quantitative estimate of drug-likeness (QED) is 0.668. The minimum atomic E-state index is -0.489. The molecular formula is C21H29N3O4. The van der Waals surface area contributed by atoms with Crippen LogP contribution in [0.1, 0.15) is 52.8 Å². The van der Waals surface area contributed by atoms with E-state index >= 15 is 0 Å². The summed E-state index contributed by atoms with van der Waals surface area (Å²) in [5.74, 6) is -0.250. The van der Waals surface area contributed by atoms with E-state index in [4.69, 9.17) is 4.74 Å². The second-order valence-electron chi connectivity index (χ2n) is 7.01. The third kappa shape index (κ3) is 5.41. The molecular weight excluding hydrogens is 358 g/mol. The van der Waals surface area contributed by atoms with E-state index < -0.39 is 5.97 Å². The number of hydrogen-bond donors (Lipinski definition) is 1. The van der Waals surface area contributed by atoms with Crippen molar-refractivity contribution in [2.24, 2.45) is 0 Å². The number of H-pyrrole nitrogens is 1. The smallest absolute Gasteiger partial charge is 0.306 e. The van der Waals surface area contributed by atoms with Crippen LogP contribution in [0, 0.1) is 0 Å². The molecule has 0 aliphatic rings. The highest BCUT2D eigenvalue weighted by Gasteiger charge is 2.24. The summed E-state index contributed by atoms with van der Waals surface area (Å²) in [6.45, 7) is 7.77. The molecule has 0 spiro atoms. The predicted molar refractivity (Wildman–Crippen MR) is 108 cm³/mol. The fourth-order valence-electron chi connectivity index (χ4n) is 3.08. The molecule has 2 rings (SSSR count). The van der Waals surface area contributed by atoms with Crippen LogP contribution in [0.3, 0.4) is 0 Å². The highest BCUT2D eigenvalue weighted by Crippen LogP contribution is 2.12. The Morgan fingerprint density at radius 1 is 1.14 bits per heavy atom. The van der Waals surface area contributed by atoms with Crippen LogP contribution in [-0.4, -0.2) is 45.4 Å². The van der Waals surface area contributed by atoms with Crippen molar-refractivity contribution in [3.05, 3.63) is 40.4 Å². The van der Waals surface area contributed by atoms with Gasteiger partial charge in [-0.1, -0.05) is 26.0 Å². The summed E-state index contributed by atoms with van der Waals surface area (Å²) in [6.07, 6.45) is 1.96. The van der Waals surface area contributed by atoms with Crippen LogP contribution in [0.25, 0.3) is 10.9 Å². The molecule has 1 amide bonds. The Bertz CT molecular complexity index is 867. The molecule has 1 heterocycles. The van der Waals surface area contributed by atoms with Crippen LogP contribution in [0.2, 0.25) is 0 Å². The molecule has 152 valence electrons. The number of esters is 1. The van der Waals surface area contributed by atoms with Gasteiger partial charge in [-0.2, -0.15) is 0 Å². The summed E-state index contributed by atoms with van der Waals surface area (Å²) in [5.41, 5.74) is 0.351. The molecule has 0 unspecified atom stereocenters. The normalized spacial score (nSPS) is 13.1. The molecule has 7 heteroatoms. The lowest BCUT2D eigenvalue weighted by molar-refractivity contribution is -0.154. The van der Waals surface area contributed by atoms with Crippen LogP contribution in [0.4, 0.5) is 0 Å². The highest BCUT2D eigenvalue weighted by atomic mass is 16.5. The standard InChI is InChI=1S/C21H29N3O4/c1-5-14(3)24(15(4)6-2)19(25)13-28-20(26)12-11-18-22-17-10-8-7-9-16(17)21(27)23-18/h7-10,14-15H,5-6,11-13H2,1-4H3,(H,22,23,27)/t14-,15-/m1/s1. The largest absolute Gasteiger partial charge is 0.456 e. The van der Waals surface area contributed by atoms with Gasteiger partial charge in [-0.05, 0) is 38.8 Å². The lowest BCUT2D eigenvalue weighted by Gasteiger charge is -2.33. The zero-order valence-electron chi connectivity index (χ0n) is 17.0. The van der Waals surface area contributed by atoms with E-state index in [1.807, 2.05) is 27.7 Å². The Balaban J connectivity index is 1.92. The molecule has 7 nitrogen and oxygen atoms in total. The van der Waals surface area contributed by atoms with Crippen LogP contribution in [-0.2, 0) is 20.7 Å². The second-order valence-corrected chi connectivity index (χ2v) is 7.01. The summed E-state index contributed by atoms with van der Waals surface area (Å²) < 4.78 is 5.16. The van der Waals surface area contributed by atoms with Gasteiger partial charge in [0.25, 0.3) is 11.5 Å². The van der Waals surface area contributed by atoms with Crippen molar-refractivity contribution in [1.29, 1.82) is 0 Å². The van der Waals surface area contributed by atoms with Crippen LogP contribution < -0.4 is 5.56 Å². The molecule has 1 aromatic carbocycles. The van der Waals surface area contributed by atoms with Gasteiger partial charge in [0.05, 0.1) is 17.3 Å². The van der Waals surface area contributed by atoms with Gasteiger partial charge in [-0.25, -0.2) is 4.98 Å². The van der Waals surface area contributed by atoms with Gasteiger partial charge in [0, 0.05) is 18.5 Å². The first-order chi connectivity index (χ1) is 13.4. The van der Waals surface area contributed by atoms with Crippen molar-refractivity contribution in [1.82, 2.24) is 14.9 Å². The minimum Gasteiger partial charge on any atom is -0.456 e. The average Bonchev–Trinajstić information content (AvgIpc) is 2.70. The molecule has 1 aromatic heterocycles. The van der Waals surface area contributed by atoms with Gasteiger partial charge >= 0.3 is 5.97 Å². The monoisotopic (exact) mass is 387 g/mol. The number of carbonyl (C=O) groups excluding carboxylic acids is 2. The van der Waals surface area contributed by atoms with Gasteiger partial charge < -0.3 is 14.6 Å². The molecule has 0 saturated carbocycles. The van der Waals surface area contributed by atoms with Gasteiger partial charge in [-0.3, -0.25) is 14.4 Å². The fourth-order valence-corrected chi connectivity index (χ4v) is 3.08. The first kappa shape index (κ1) is 21.6. The molecule has 0 bridgehead atoms. The Labute approximate surface area is 165 Å². The van der Waals surface area contributed by atoms with Crippen molar-refractivity contribution >= 4 is 22.8 Å². The molecule has 28 heavy (non-hydrogen) atoms. The summed E-state index contributed by atoms with van der Waals surface area (Å²) in [4.78, 5) is 45.5. The van der Waals surface area contributed by atoms with Crippen LogP contribution in [0.15, 0.2) is 29.1 Å². The van der Waals surface area contributed by atoms with Crippen molar-refractivity contribution in [2.45, 2.75) is 65.5 Å². The van der Waals surface area contributed by atoms with Gasteiger partial charge in [0.1, 0.15) is 5.82 Å². The summed E-state index contributed by atoms with van der Waals surface area (Å²) >= 11 is 0. The Morgan fingerprint density at radius 2 is 1.79 bits per heavy atom. The van der Waals surface area contributed by atoms with E-state index in [1.54, 1.807) is 29.2 Å². The van der Waals surface area contributed by atoms with Crippen molar-refractivity contribution in [3.63, 3.8) is 0 Å². The van der Waals surface area contributed by atoms with E-state index in [9.17, 15) is 14.4 Å². The lowest BCUT2D eigenvalue weighted by atomic mass is 10.1. The Morgan fingerprint density at radius 3 is 2.43 bits per heavy atom. The maximum Gasteiger partial charge on any atom is 0.306 e. The first-order valence-electron chi connectivity index (χ1n) is 9.82. The number of hydrogen-bond acceptors (Lipinski definition) is 5. The molecule has 2 aromatic rings. The van der Waals surface area contributed by atoms with E-state index in [1.165, 1.54) is 0 Å². The van der Waals surface area contributed by atoms with Crippen LogP contribution in [0.5, 0.6) is 0 Å². The third-order valence-electron chi connectivity index (χ3n) is 5.00. The van der Waals surface area contributed by atoms with E-state index in [-0.39, 0.29) is 43.0 Å². The number of benzene rings is 1. The number of rotatable bonds is 9. The SMILES string of the molecule is CC[C@@H](C)N(C(=O)COC(=O)CCc1nc2ccccc2c(=O)[nH]1)[C@H](C)CC. The van der Waals surface area contributed by atoms with E-state index in [2.05, 4.69) is 9.97 Å². The van der Waals surface area contributed by atoms with Gasteiger partial charge in [0.2, 0.25) is 0 Å². The minimum absolute atomic E-state index is 0.0429. The number of aromatic amines is 1. The number of ether oxygens (including phenoxy) is 1. The number of aromatic nitrogens is 2. The predicted octanol–water partition coefficient (Wildman–Crippen LogP) is 2.82. The number of carbonyl (C=O) groups is 2. The Hall–Kier alpha value is -2.70. The molecule has 0 radical (unpaired) electrons. The average molecular weight is 387 g/mol. The topological polar surface area (TPSA) is 92.4 Å². The second kappa shape index (κ2) is 10.0. The van der Waals surface area contributed by atoms with Gasteiger partial charge in [-0.15, -0.1) is 0 Å². The molecule has 2 atom stereocenters. The lowest BCUT2D eigenvalue weighted by Crippen LogP contribution is -2.46. The highest BCUT2D eigenvalue weighted by molar-refractivity contribution is 5.81. The van der Waals surface area contributed by atoms with Gasteiger partial charge in [0.15, 0.2) is 6.61 Å². The maximum absolute atomic E-state index is 12.5. The molecule has 0 fully saturated rings. The summed E-state index contributed by atoms with van der Waals surface area (Å²) in [6, 6.07) is 7.21. The van der Waals surface area contributed by atoms with Crippen molar-refractivity contribution in [3.8, 4) is 0 Å². The number of aryl methyl sites for hydroxylation is 1. The van der Waals surface area contributed by atoms with Crippen LogP contribution >= 0.6 is 0 Å². The molecule has 1 N–H and O–H groups in total. The van der Waals surface area contributed by atoms with Crippen molar-refractivity contribution in [2.75, 3.05) is 6.61 Å². The number of amides is 1. The third-order valence-corrected chi connectivity index (χ3v) is 5.00. The number of fused-ring (bicyclic) bond motifs is 1. The summed E-state index contributed by atoms with van der Waals surface area (Å²) in [5, 5.41) is 0.509. The zero-order chi connectivity index (χ0) is 20.7. The summed E-state index contributed by atoms with van der Waals surface area (Å²) in [7, 11) is 0. The molecule has 0 aliphatic heterocycles. The Kier molecular flexibility index (Phi) is 7.72. The fraction of sp³-hybridized carbons (Fsp3) is 0.524.